The molecular formula is C12H17NOS. The molecule has 82 valence electrons. The number of hydrogen-bond acceptors (Lipinski definition) is 2. The van der Waals surface area contributed by atoms with E-state index in [2.05, 4.69) is 12.1 Å². The molecule has 1 rings (SSSR count). The largest absolute Gasteiger partial charge is 0.345 e. The lowest BCUT2D eigenvalue weighted by Crippen LogP contribution is -2.27. The highest BCUT2D eigenvalue weighted by Crippen LogP contribution is 2.16. The molecule has 0 saturated heterocycles. The zero-order valence-electron chi connectivity index (χ0n) is 9.27. The van der Waals surface area contributed by atoms with Gasteiger partial charge in [0.25, 0.3) is 0 Å². The van der Waals surface area contributed by atoms with Crippen LogP contribution in [0, 0.1) is 0 Å². The summed E-state index contributed by atoms with van der Waals surface area (Å²) in [5.41, 5.74) is 0. The van der Waals surface area contributed by atoms with E-state index in [-0.39, 0.29) is 5.91 Å². The summed E-state index contributed by atoms with van der Waals surface area (Å²) in [5.74, 6) is 1.16. The van der Waals surface area contributed by atoms with Gasteiger partial charge in [0.05, 0.1) is 0 Å². The molecule has 0 aliphatic carbocycles. The Hall–Kier alpha value is -0.960. The van der Waals surface area contributed by atoms with Crippen molar-refractivity contribution < 1.29 is 4.79 Å². The van der Waals surface area contributed by atoms with Crippen LogP contribution in [0.4, 0.5) is 0 Å². The Morgan fingerprint density at radius 1 is 1.33 bits per heavy atom. The number of hydrogen-bond donors (Lipinski definition) is 0. The van der Waals surface area contributed by atoms with Gasteiger partial charge in [-0.2, -0.15) is 0 Å². The Balaban J connectivity index is 2.25. The van der Waals surface area contributed by atoms with Gasteiger partial charge in [-0.3, -0.25) is 4.79 Å². The first-order valence-corrected chi connectivity index (χ1v) is 6.14. The minimum absolute atomic E-state index is 0.212. The third-order valence-corrected chi connectivity index (χ3v) is 3.16. The van der Waals surface area contributed by atoms with Crippen LogP contribution in [0.25, 0.3) is 0 Å². The molecule has 0 atom stereocenters. The minimum Gasteiger partial charge on any atom is -0.345 e. The first kappa shape index (κ1) is 12.1. The van der Waals surface area contributed by atoms with Crippen molar-refractivity contribution in [3.63, 3.8) is 0 Å². The fourth-order valence-electron chi connectivity index (χ4n) is 1.21. The normalized spacial score (nSPS) is 10.0. The average Bonchev–Trinajstić information content (AvgIpc) is 2.29. The summed E-state index contributed by atoms with van der Waals surface area (Å²) >= 11 is 1.78. The lowest BCUT2D eigenvalue weighted by Gasteiger charge is -2.15. The maximum atomic E-state index is 11.3. The maximum absolute atomic E-state index is 11.3. The number of nitrogens with zero attached hydrogens (tertiary/aromatic N) is 1. The zero-order chi connectivity index (χ0) is 11.1. The summed E-state index contributed by atoms with van der Waals surface area (Å²) < 4.78 is 0. The van der Waals surface area contributed by atoms with Crippen LogP contribution in [0.15, 0.2) is 35.2 Å². The fourth-order valence-corrected chi connectivity index (χ4v) is 2.16. The van der Waals surface area contributed by atoms with Gasteiger partial charge < -0.3 is 4.90 Å². The van der Waals surface area contributed by atoms with Gasteiger partial charge in [-0.25, -0.2) is 0 Å². The smallest absolute Gasteiger partial charge is 0.222 e. The molecule has 0 fully saturated rings. The zero-order valence-corrected chi connectivity index (χ0v) is 10.1. The number of thioether (sulfide) groups is 1. The summed E-state index contributed by atoms with van der Waals surface area (Å²) in [6, 6.07) is 10.3. The van der Waals surface area contributed by atoms with E-state index in [0.29, 0.717) is 6.42 Å². The molecule has 1 aromatic carbocycles. The molecule has 1 aromatic rings. The second-order valence-corrected chi connectivity index (χ2v) is 4.50. The van der Waals surface area contributed by atoms with Crippen molar-refractivity contribution >= 4 is 17.7 Å². The van der Waals surface area contributed by atoms with Crippen LogP contribution in [0.5, 0.6) is 0 Å². The molecule has 3 heteroatoms. The lowest BCUT2D eigenvalue weighted by atomic mass is 10.4. The molecule has 0 heterocycles. The first-order chi connectivity index (χ1) is 7.24. The van der Waals surface area contributed by atoms with E-state index in [9.17, 15) is 4.79 Å². The van der Waals surface area contributed by atoms with Gasteiger partial charge in [-0.1, -0.05) is 25.1 Å². The summed E-state index contributed by atoms with van der Waals surface area (Å²) in [7, 11) is 1.86. The number of amides is 1. The number of rotatable bonds is 5. The quantitative estimate of drug-likeness (QED) is 0.715. The van der Waals surface area contributed by atoms with Crippen molar-refractivity contribution in [2.45, 2.75) is 18.2 Å². The molecule has 0 saturated carbocycles. The molecule has 0 aromatic heterocycles. The summed E-state index contributed by atoms with van der Waals surface area (Å²) in [6.45, 7) is 2.70. The first-order valence-electron chi connectivity index (χ1n) is 5.16. The Kier molecular flexibility index (Phi) is 5.26. The van der Waals surface area contributed by atoms with Gasteiger partial charge in [0.2, 0.25) is 5.91 Å². The summed E-state index contributed by atoms with van der Waals surface area (Å²) in [5, 5.41) is 0. The third-order valence-electron chi connectivity index (χ3n) is 2.17. The van der Waals surface area contributed by atoms with Gasteiger partial charge >= 0.3 is 0 Å². The van der Waals surface area contributed by atoms with Gasteiger partial charge in [-0.15, -0.1) is 11.8 Å². The molecule has 0 radical (unpaired) electrons. The molecule has 0 N–H and O–H groups in total. The van der Waals surface area contributed by atoms with Crippen LogP contribution >= 0.6 is 11.8 Å². The molecule has 0 aliphatic rings. The predicted octanol–water partition coefficient (Wildman–Crippen LogP) is 2.65. The van der Waals surface area contributed by atoms with Crippen LogP contribution in [0.2, 0.25) is 0 Å². The molecule has 0 unspecified atom stereocenters. The second-order valence-electron chi connectivity index (χ2n) is 3.33. The second kappa shape index (κ2) is 6.51. The molecule has 1 amide bonds. The summed E-state index contributed by atoms with van der Waals surface area (Å²) in [6.07, 6.45) is 0.590. The van der Waals surface area contributed by atoms with Crippen molar-refractivity contribution in [2.75, 3.05) is 19.3 Å². The fraction of sp³-hybridized carbons (Fsp3) is 0.417. The Bertz CT molecular complexity index is 300. The van der Waals surface area contributed by atoms with Crippen molar-refractivity contribution in [1.82, 2.24) is 4.90 Å². The molecular weight excluding hydrogens is 206 g/mol. The van der Waals surface area contributed by atoms with E-state index in [4.69, 9.17) is 0 Å². The van der Waals surface area contributed by atoms with Crippen LogP contribution in [-0.4, -0.2) is 30.2 Å². The molecule has 2 nitrogen and oxygen atoms in total. The number of carbonyl (C=O) groups excluding carboxylic acids is 1. The highest BCUT2D eigenvalue weighted by molar-refractivity contribution is 7.99. The minimum atomic E-state index is 0.212. The maximum Gasteiger partial charge on any atom is 0.222 e. The van der Waals surface area contributed by atoms with Crippen molar-refractivity contribution in [3.8, 4) is 0 Å². The third kappa shape index (κ3) is 4.38. The van der Waals surface area contributed by atoms with Crippen molar-refractivity contribution in [3.05, 3.63) is 30.3 Å². The standard InChI is InChI=1S/C12H17NOS/c1-3-12(14)13(2)9-10-15-11-7-5-4-6-8-11/h4-8H,3,9-10H2,1-2H3. The Labute approximate surface area is 95.7 Å². The van der Waals surface area contributed by atoms with Crippen LogP contribution in [0.1, 0.15) is 13.3 Å². The molecule has 15 heavy (non-hydrogen) atoms. The molecule has 0 spiro atoms. The monoisotopic (exact) mass is 223 g/mol. The summed E-state index contributed by atoms with van der Waals surface area (Å²) in [4.78, 5) is 14.3. The SMILES string of the molecule is CCC(=O)N(C)CCSc1ccccc1. The van der Waals surface area contributed by atoms with Crippen molar-refractivity contribution in [1.29, 1.82) is 0 Å². The number of carbonyl (C=O) groups is 1. The molecule has 0 bridgehead atoms. The van der Waals surface area contributed by atoms with Gasteiger partial charge in [0, 0.05) is 30.7 Å². The van der Waals surface area contributed by atoms with Crippen LogP contribution in [0.3, 0.4) is 0 Å². The Morgan fingerprint density at radius 3 is 2.60 bits per heavy atom. The lowest BCUT2D eigenvalue weighted by molar-refractivity contribution is -0.129. The van der Waals surface area contributed by atoms with E-state index in [1.54, 1.807) is 16.7 Å². The van der Waals surface area contributed by atoms with Crippen molar-refractivity contribution in [2.24, 2.45) is 0 Å². The van der Waals surface area contributed by atoms with Crippen LogP contribution < -0.4 is 0 Å². The predicted molar refractivity (Wildman–Crippen MR) is 65.1 cm³/mol. The highest BCUT2D eigenvalue weighted by atomic mass is 32.2. The van der Waals surface area contributed by atoms with E-state index < -0.39 is 0 Å². The van der Waals surface area contributed by atoms with Crippen LogP contribution in [-0.2, 0) is 4.79 Å². The van der Waals surface area contributed by atoms with Gasteiger partial charge in [0.1, 0.15) is 0 Å². The van der Waals surface area contributed by atoms with E-state index >= 15 is 0 Å². The average molecular weight is 223 g/mol. The van der Waals surface area contributed by atoms with E-state index in [1.165, 1.54) is 4.90 Å². The topological polar surface area (TPSA) is 20.3 Å². The number of benzene rings is 1. The van der Waals surface area contributed by atoms with E-state index in [0.717, 1.165) is 12.3 Å². The van der Waals surface area contributed by atoms with Gasteiger partial charge in [0.15, 0.2) is 0 Å². The Morgan fingerprint density at radius 2 is 2.00 bits per heavy atom. The molecule has 0 aliphatic heterocycles. The highest BCUT2D eigenvalue weighted by Gasteiger charge is 2.04. The van der Waals surface area contributed by atoms with E-state index in [1.807, 2.05) is 32.2 Å². The van der Waals surface area contributed by atoms with Gasteiger partial charge in [-0.05, 0) is 12.1 Å².